The van der Waals surface area contributed by atoms with E-state index in [1.807, 2.05) is 4.90 Å². The fraction of sp³-hybridized carbons (Fsp3) is 0.857. The number of rotatable bonds is 3. The zero-order chi connectivity index (χ0) is 14.7. The minimum absolute atomic E-state index is 0.0845. The predicted octanol–water partition coefficient (Wildman–Crippen LogP) is 0.584. The Hall–Kier alpha value is -1.34. The summed E-state index contributed by atoms with van der Waals surface area (Å²) in [5.74, 6) is -0.366. The summed E-state index contributed by atoms with van der Waals surface area (Å²) in [4.78, 5) is 27.2. The molecule has 7 heteroatoms. The standard InChI is InChI=1S/C14H22N2O5/c17-12(2-6-16-5-1-9-19-13(16)18)15-7-3-14(4-8-15)20-10-11-21-14/h1-11H2. The lowest BCUT2D eigenvalue weighted by Crippen LogP contribution is -2.48. The van der Waals surface area contributed by atoms with Gasteiger partial charge in [-0.3, -0.25) is 4.79 Å². The monoisotopic (exact) mass is 298 g/mol. The van der Waals surface area contributed by atoms with Crippen LogP contribution in [0.2, 0.25) is 0 Å². The van der Waals surface area contributed by atoms with Crippen LogP contribution in [-0.2, 0) is 19.0 Å². The number of carbonyl (C=O) groups excluding carboxylic acids is 2. The molecule has 21 heavy (non-hydrogen) atoms. The van der Waals surface area contributed by atoms with Crippen LogP contribution < -0.4 is 0 Å². The maximum absolute atomic E-state index is 12.2. The normalized spacial score (nSPS) is 25.2. The van der Waals surface area contributed by atoms with Gasteiger partial charge < -0.3 is 24.0 Å². The molecule has 0 aromatic heterocycles. The summed E-state index contributed by atoms with van der Waals surface area (Å²) in [6.07, 6.45) is 2.33. The van der Waals surface area contributed by atoms with Gasteiger partial charge in [0.2, 0.25) is 5.91 Å². The number of hydrogen-bond acceptors (Lipinski definition) is 5. The van der Waals surface area contributed by atoms with Gasteiger partial charge in [0.15, 0.2) is 5.79 Å². The van der Waals surface area contributed by atoms with Crippen molar-refractivity contribution in [2.75, 3.05) is 46.0 Å². The molecule has 0 aromatic carbocycles. The minimum atomic E-state index is -0.451. The number of piperidine rings is 1. The molecule has 2 amide bonds. The third-order valence-corrected chi connectivity index (χ3v) is 4.34. The van der Waals surface area contributed by atoms with Crippen LogP contribution in [0.4, 0.5) is 4.79 Å². The molecule has 0 aliphatic carbocycles. The fourth-order valence-corrected chi connectivity index (χ4v) is 3.07. The number of cyclic esters (lactones) is 1. The first-order valence-electron chi connectivity index (χ1n) is 7.66. The van der Waals surface area contributed by atoms with Crippen LogP contribution in [0.5, 0.6) is 0 Å². The number of carbonyl (C=O) groups is 2. The number of amides is 2. The Labute approximate surface area is 124 Å². The average molecular weight is 298 g/mol. The smallest absolute Gasteiger partial charge is 0.409 e. The van der Waals surface area contributed by atoms with Crippen molar-refractivity contribution in [3.05, 3.63) is 0 Å². The Balaban J connectivity index is 1.43. The summed E-state index contributed by atoms with van der Waals surface area (Å²) in [5, 5.41) is 0. The largest absolute Gasteiger partial charge is 0.449 e. The van der Waals surface area contributed by atoms with Crippen molar-refractivity contribution >= 4 is 12.0 Å². The summed E-state index contributed by atoms with van der Waals surface area (Å²) in [6, 6.07) is 0. The number of nitrogens with zero attached hydrogens (tertiary/aromatic N) is 2. The van der Waals surface area contributed by atoms with Crippen LogP contribution in [0.15, 0.2) is 0 Å². The second kappa shape index (κ2) is 6.19. The zero-order valence-electron chi connectivity index (χ0n) is 12.2. The summed E-state index contributed by atoms with van der Waals surface area (Å²) in [5.41, 5.74) is 0. The van der Waals surface area contributed by atoms with Gasteiger partial charge in [-0.15, -0.1) is 0 Å². The first-order chi connectivity index (χ1) is 10.2. The molecule has 1 spiro atoms. The first-order valence-corrected chi connectivity index (χ1v) is 7.66. The van der Waals surface area contributed by atoms with E-state index in [0.29, 0.717) is 52.4 Å². The SMILES string of the molecule is O=C(CCN1CCCOC1=O)N1CCC2(CC1)OCCO2. The fourth-order valence-electron chi connectivity index (χ4n) is 3.07. The lowest BCUT2D eigenvalue weighted by molar-refractivity contribution is -0.187. The Kier molecular flexibility index (Phi) is 4.30. The van der Waals surface area contributed by atoms with E-state index >= 15 is 0 Å². The second-order valence-electron chi connectivity index (χ2n) is 5.69. The van der Waals surface area contributed by atoms with E-state index in [2.05, 4.69) is 0 Å². The van der Waals surface area contributed by atoms with Gasteiger partial charge >= 0.3 is 6.09 Å². The Morgan fingerprint density at radius 3 is 2.48 bits per heavy atom. The highest BCUT2D eigenvalue weighted by Gasteiger charge is 2.40. The molecule has 0 radical (unpaired) electrons. The highest BCUT2D eigenvalue weighted by Crippen LogP contribution is 2.31. The van der Waals surface area contributed by atoms with Crippen LogP contribution in [0.3, 0.4) is 0 Å². The molecule has 118 valence electrons. The molecule has 3 fully saturated rings. The molecule has 3 heterocycles. The molecule has 0 atom stereocenters. The van der Waals surface area contributed by atoms with E-state index in [-0.39, 0.29) is 12.0 Å². The third kappa shape index (κ3) is 3.29. The number of hydrogen-bond donors (Lipinski definition) is 0. The maximum atomic E-state index is 12.2. The van der Waals surface area contributed by atoms with Crippen LogP contribution >= 0.6 is 0 Å². The maximum Gasteiger partial charge on any atom is 0.409 e. The van der Waals surface area contributed by atoms with Gasteiger partial charge in [-0.25, -0.2) is 4.79 Å². The van der Waals surface area contributed by atoms with E-state index in [0.717, 1.165) is 19.3 Å². The van der Waals surface area contributed by atoms with E-state index in [4.69, 9.17) is 14.2 Å². The van der Waals surface area contributed by atoms with Crippen molar-refractivity contribution in [3.63, 3.8) is 0 Å². The highest BCUT2D eigenvalue weighted by molar-refractivity contribution is 5.77. The zero-order valence-corrected chi connectivity index (χ0v) is 12.2. The molecule has 3 aliphatic heterocycles. The van der Waals surface area contributed by atoms with Crippen molar-refractivity contribution < 1.29 is 23.8 Å². The molecule has 3 rings (SSSR count). The minimum Gasteiger partial charge on any atom is -0.449 e. The third-order valence-electron chi connectivity index (χ3n) is 4.34. The van der Waals surface area contributed by atoms with E-state index in [9.17, 15) is 9.59 Å². The van der Waals surface area contributed by atoms with E-state index in [1.54, 1.807) is 4.90 Å². The molecule has 0 aromatic rings. The molecule has 0 N–H and O–H groups in total. The van der Waals surface area contributed by atoms with Gasteiger partial charge in [0, 0.05) is 45.4 Å². The number of ether oxygens (including phenoxy) is 3. The molecular weight excluding hydrogens is 276 g/mol. The molecule has 0 bridgehead atoms. The van der Waals surface area contributed by atoms with Crippen molar-refractivity contribution in [2.45, 2.75) is 31.5 Å². The molecule has 0 saturated carbocycles. The Bertz CT molecular complexity index is 398. The summed E-state index contributed by atoms with van der Waals surface area (Å²) in [7, 11) is 0. The predicted molar refractivity (Wildman–Crippen MR) is 72.6 cm³/mol. The number of likely N-dealkylation sites (tertiary alicyclic amines) is 1. The van der Waals surface area contributed by atoms with Crippen molar-refractivity contribution in [2.24, 2.45) is 0 Å². The van der Waals surface area contributed by atoms with Gasteiger partial charge in [-0.2, -0.15) is 0 Å². The van der Waals surface area contributed by atoms with Crippen molar-refractivity contribution in [1.82, 2.24) is 9.80 Å². The molecule has 7 nitrogen and oxygen atoms in total. The molecule has 3 saturated heterocycles. The lowest BCUT2D eigenvalue weighted by Gasteiger charge is -2.37. The van der Waals surface area contributed by atoms with Gasteiger partial charge in [0.25, 0.3) is 0 Å². The summed E-state index contributed by atoms with van der Waals surface area (Å²) >= 11 is 0. The first kappa shape index (κ1) is 14.6. The lowest BCUT2D eigenvalue weighted by atomic mass is 10.0. The van der Waals surface area contributed by atoms with Crippen LogP contribution in [-0.4, -0.2) is 73.6 Å². The quantitative estimate of drug-likeness (QED) is 0.762. The van der Waals surface area contributed by atoms with Gasteiger partial charge in [0.05, 0.1) is 19.8 Å². The molecule has 3 aliphatic rings. The average Bonchev–Trinajstić information content (AvgIpc) is 2.95. The highest BCUT2D eigenvalue weighted by atomic mass is 16.7. The second-order valence-corrected chi connectivity index (χ2v) is 5.69. The van der Waals surface area contributed by atoms with Gasteiger partial charge in [0.1, 0.15) is 0 Å². The van der Waals surface area contributed by atoms with Crippen molar-refractivity contribution in [3.8, 4) is 0 Å². The van der Waals surface area contributed by atoms with Crippen LogP contribution in [0, 0.1) is 0 Å². The molecular formula is C14H22N2O5. The molecule has 0 unspecified atom stereocenters. The Morgan fingerprint density at radius 2 is 1.81 bits per heavy atom. The van der Waals surface area contributed by atoms with Crippen LogP contribution in [0.1, 0.15) is 25.7 Å². The van der Waals surface area contributed by atoms with Gasteiger partial charge in [-0.1, -0.05) is 0 Å². The Morgan fingerprint density at radius 1 is 1.10 bits per heavy atom. The van der Waals surface area contributed by atoms with E-state index < -0.39 is 5.79 Å². The summed E-state index contributed by atoms with van der Waals surface area (Å²) in [6.45, 7) is 4.20. The van der Waals surface area contributed by atoms with Crippen LogP contribution in [0.25, 0.3) is 0 Å². The topological polar surface area (TPSA) is 68.3 Å². The summed E-state index contributed by atoms with van der Waals surface area (Å²) < 4.78 is 16.3. The van der Waals surface area contributed by atoms with Crippen molar-refractivity contribution in [1.29, 1.82) is 0 Å². The van der Waals surface area contributed by atoms with Gasteiger partial charge in [-0.05, 0) is 6.42 Å². The van der Waals surface area contributed by atoms with E-state index in [1.165, 1.54) is 0 Å².